The monoisotopic (exact) mass is 164 g/mol. The van der Waals surface area contributed by atoms with E-state index in [1.807, 2.05) is 31.2 Å². The third-order valence-corrected chi connectivity index (χ3v) is 1.91. The Morgan fingerprint density at radius 3 is 3.08 bits per heavy atom. The standard InChI is InChI=1S/C10H12O2/c1-8-6-11-7-9-4-2-3-5-10(9)12-8/h2-5,8H,6-7H2,1H3. The summed E-state index contributed by atoms with van der Waals surface area (Å²) >= 11 is 0. The van der Waals surface area contributed by atoms with E-state index in [1.165, 1.54) is 0 Å². The normalized spacial score (nSPS) is 22.2. The Hall–Kier alpha value is -1.02. The molecule has 0 aliphatic carbocycles. The Morgan fingerprint density at radius 2 is 2.17 bits per heavy atom. The van der Waals surface area contributed by atoms with Gasteiger partial charge in [-0.2, -0.15) is 0 Å². The number of hydrogen-bond acceptors (Lipinski definition) is 2. The first-order chi connectivity index (χ1) is 5.86. The first kappa shape index (κ1) is 7.62. The zero-order valence-corrected chi connectivity index (χ0v) is 7.12. The molecule has 0 spiro atoms. The average Bonchev–Trinajstić information content (AvgIpc) is 2.25. The van der Waals surface area contributed by atoms with E-state index in [-0.39, 0.29) is 6.10 Å². The molecule has 0 saturated carbocycles. The van der Waals surface area contributed by atoms with E-state index >= 15 is 0 Å². The molecule has 12 heavy (non-hydrogen) atoms. The topological polar surface area (TPSA) is 18.5 Å². The smallest absolute Gasteiger partial charge is 0.125 e. The van der Waals surface area contributed by atoms with Gasteiger partial charge in [0.15, 0.2) is 0 Å². The van der Waals surface area contributed by atoms with Crippen molar-refractivity contribution in [1.82, 2.24) is 0 Å². The lowest BCUT2D eigenvalue weighted by molar-refractivity contribution is 0.0684. The Bertz CT molecular complexity index is 270. The first-order valence-electron chi connectivity index (χ1n) is 4.18. The van der Waals surface area contributed by atoms with Gasteiger partial charge in [-0.3, -0.25) is 0 Å². The van der Waals surface area contributed by atoms with Crippen LogP contribution in [0.25, 0.3) is 0 Å². The molecule has 1 aliphatic heterocycles. The minimum absolute atomic E-state index is 0.161. The van der Waals surface area contributed by atoms with Crippen molar-refractivity contribution in [2.24, 2.45) is 0 Å². The van der Waals surface area contributed by atoms with Crippen LogP contribution in [0.3, 0.4) is 0 Å². The molecule has 1 aromatic carbocycles. The van der Waals surface area contributed by atoms with Crippen molar-refractivity contribution >= 4 is 0 Å². The van der Waals surface area contributed by atoms with Crippen molar-refractivity contribution < 1.29 is 9.47 Å². The predicted molar refractivity (Wildman–Crippen MR) is 46.2 cm³/mol. The Kier molecular flexibility index (Phi) is 2.00. The van der Waals surface area contributed by atoms with Gasteiger partial charge >= 0.3 is 0 Å². The maximum atomic E-state index is 5.63. The molecule has 0 fully saturated rings. The van der Waals surface area contributed by atoms with Gasteiger partial charge in [0.05, 0.1) is 13.2 Å². The van der Waals surface area contributed by atoms with Crippen molar-refractivity contribution in [2.45, 2.75) is 19.6 Å². The summed E-state index contributed by atoms with van der Waals surface area (Å²) in [6.45, 7) is 3.36. The second kappa shape index (κ2) is 3.15. The maximum Gasteiger partial charge on any atom is 0.125 e. The molecule has 64 valence electrons. The molecular weight excluding hydrogens is 152 g/mol. The van der Waals surface area contributed by atoms with Crippen molar-refractivity contribution in [3.63, 3.8) is 0 Å². The van der Waals surface area contributed by atoms with Crippen LogP contribution in [0.4, 0.5) is 0 Å². The minimum Gasteiger partial charge on any atom is -0.488 e. The summed E-state index contributed by atoms with van der Waals surface area (Å²) in [6, 6.07) is 8.01. The first-order valence-corrected chi connectivity index (χ1v) is 4.18. The zero-order chi connectivity index (χ0) is 8.39. The third-order valence-electron chi connectivity index (χ3n) is 1.91. The lowest BCUT2D eigenvalue weighted by Crippen LogP contribution is -2.15. The van der Waals surface area contributed by atoms with Crippen molar-refractivity contribution in [2.75, 3.05) is 6.61 Å². The molecule has 0 amide bonds. The van der Waals surface area contributed by atoms with Gasteiger partial charge in [0.1, 0.15) is 11.9 Å². The highest BCUT2D eigenvalue weighted by atomic mass is 16.5. The van der Waals surface area contributed by atoms with Gasteiger partial charge in [-0.15, -0.1) is 0 Å². The fraction of sp³-hybridized carbons (Fsp3) is 0.400. The maximum absolute atomic E-state index is 5.63. The van der Waals surface area contributed by atoms with E-state index in [9.17, 15) is 0 Å². The molecule has 1 aromatic rings. The molecule has 1 heterocycles. The Labute approximate surface area is 72.1 Å². The van der Waals surface area contributed by atoms with Crippen LogP contribution in [0.5, 0.6) is 5.75 Å². The molecule has 1 unspecified atom stereocenters. The summed E-state index contributed by atoms with van der Waals surface area (Å²) in [5.74, 6) is 0.961. The van der Waals surface area contributed by atoms with E-state index in [0.717, 1.165) is 11.3 Å². The van der Waals surface area contributed by atoms with Crippen LogP contribution < -0.4 is 4.74 Å². The summed E-state index contributed by atoms with van der Waals surface area (Å²) in [4.78, 5) is 0. The van der Waals surface area contributed by atoms with Gasteiger partial charge in [0, 0.05) is 5.56 Å². The van der Waals surface area contributed by atoms with Gasteiger partial charge in [-0.25, -0.2) is 0 Å². The van der Waals surface area contributed by atoms with E-state index < -0.39 is 0 Å². The van der Waals surface area contributed by atoms with E-state index in [2.05, 4.69) is 0 Å². The minimum atomic E-state index is 0.161. The van der Waals surface area contributed by atoms with Crippen LogP contribution in [0.2, 0.25) is 0 Å². The molecule has 0 N–H and O–H groups in total. The van der Waals surface area contributed by atoms with Crippen LogP contribution in [-0.2, 0) is 11.3 Å². The number of benzene rings is 1. The lowest BCUT2D eigenvalue weighted by atomic mass is 10.2. The second-order valence-corrected chi connectivity index (χ2v) is 3.05. The van der Waals surface area contributed by atoms with Crippen molar-refractivity contribution in [3.8, 4) is 5.75 Å². The van der Waals surface area contributed by atoms with Crippen LogP contribution in [0.15, 0.2) is 24.3 Å². The van der Waals surface area contributed by atoms with Crippen molar-refractivity contribution in [3.05, 3.63) is 29.8 Å². The molecular formula is C10H12O2. The zero-order valence-electron chi connectivity index (χ0n) is 7.12. The molecule has 1 atom stereocenters. The molecule has 2 heteroatoms. The molecule has 0 radical (unpaired) electrons. The highest BCUT2D eigenvalue weighted by Gasteiger charge is 2.12. The van der Waals surface area contributed by atoms with Crippen LogP contribution in [0, 0.1) is 0 Å². The SMILES string of the molecule is CC1COCc2ccccc2O1. The second-order valence-electron chi connectivity index (χ2n) is 3.05. The summed E-state index contributed by atoms with van der Waals surface area (Å²) < 4.78 is 11.0. The van der Waals surface area contributed by atoms with Crippen LogP contribution >= 0.6 is 0 Å². The molecule has 2 rings (SSSR count). The van der Waals surface area contributed by atoms with Gasteiger partial charge in [0.25, 0.3) is 0 Å². The van der Waals surface area contributed by atoms with Gasteiger partial charge < -0.3 is 9.47 Å². The molecule has 0 bridgehead atoms. The number of hydrogen-bond donors (Lipinski definition) is 0. The number of fused-ring (bicyclic) bond motifs is 1. The molecule has 0 aromatic heterocycles. The molecule has 2 nitrogen and oxygen atoms in total. The van der Waals surface area contributed by atoms with E-state index in [1.54, 1.807) is 0 Å². The average molecular weight is 164 g/mol. The fourth-order valence-corrected chi connectivity index (χ4v) is 1.32. The highest BCUT2D eigenvalue weighted by Crippen LogP contribution is 2.22. The number of ether oxygens (including phenoxy) is 2. The fourth-order valence-electron chi connectivity index (χ4n) is 1.32. The van der Waals surface area contributed by atoms with Crippen LogP contribution in [0.1, 0.15) is 12.5 Å². The third kappa shape index (κ3) is 1.43. The largest absolute Gasteiger partial charge is 0.488 e. The Balaban J connectivity index is 2.31. The summed E-state index contributed by atoms with van der Waals surface area (Å²) in [5.41, 5.74) is 1.14. The van der Waals surface area contributed by atoms with Crippen LogP contribution in [-0.4, -0.2) is 12.7 Å². The lowest BCUT2D eigenvalue weighted by Gasteiger charge is -2.10. The molecule has 1 aliphatic rings. The highest BCUT2D eigenvalue weighted by molar-refractivity contribution is 5.33. The number of rotatable bonds is 0. The van der Waals surface area contributed by atoms with Gasteiger partial charge in [0.2, 0.25) is 0 Å². The summed E-state index contributed by atoms with van der Waals surface area (Å²) in [7, 11) is 0. The van der Waals surface area contributed by atoms with E-state index in [4.69, 9.17) is 9.47 Å². The summed E-state index contributed by atoms with van der Waals surface area (Å²) in [5, 5.41) is 0. The van der Waals surface area contributed by atoms with Gasteiger partial charge in [-0.05, 0) is 13.0 Å². The Morgan fingerprint density at radius 1 is 1.33 bits per heavy atom. The van der Waals surface area contributed by atoms with Crippen molar-refractivity contribution in [1.29, 1.82) is 0 Å². The predicted octanol–water partition coefficient (Wildman–Crippen LogP) is 1.98. The van der Waals surface area contributed by atoms with E-state index in [0.29, 0.717) is 13.2 Å². The molecule has 0 saturated heterocycles. The van der Waals surface area contributed by atoms with Gasteiger partial charge in [-0.1, -0.05) is 18.2 Å². The quantitative estimate of drug-likeness (QED) is 0.583. The number of para-hydroxylation sites is 1. The summed E-state index contributed by atoms with van der Waals surface area (Å²) in [6.07, 6.45) is 0.161.